The molecule has 1 rings (SSSR count). The predicted molar refractivity (Wildman–Crippen MR) is 76.2 cm³/mol. The van der Waals surface area contributed by atoms with E-state index in [0.717, 1.165) is 0 Å². The second-order valence-corrected chi connectivity index (χ2v) is 7.67. The van der Waals surface area contributed by atoms with Gasteiger partial charge in [-0.05, 0) is 0 Å². The molecule has 0 heterocycles. The Morgan fingerprint density at radius 3 is 1.48 bits per heavy atom. The van der Waals surface area contributed by atoms with Gasteiger partial charge in [-0.1, -0.05) is 58.0 Å². The SMILES string of the molecule is O=P(O)(O)OP(=O)(O)Oc1c(Cl)c(Cl)c(Cl)c(Cl)c1Cl.[H-].[K+]. The van der Waals surface area contributed by atoms with Gasteiger partial charge in [0.15, 0.2) is 5.75 Å². The molecule has 0 saturated heterocycles. The molecule has 0 radical (unpaired) electrons. The van der Waals surface area contributed by atoms with Crippen LogP contribution in [-0.4, -0.2) is 14.7 Å². The van der Waals surface area contributed by atoms with Crippen LogP contribution in [0.15, 0.2) is 0 Å². The van der Waals surface area contributed by atoms with Gasteiger partial charge in [-0.15, -0.1) is 0 Å². The van der Waals surface area contributed by atoms with E-state index in [1.54, 1.807) is 0 Å². The summed E-state index contributed by atoms with van der Waals surface area (Å²) in [6.07, 6.45) is 0. The molecule has 0 spiro atoms. The van der Waals surface area contributed by atoms with Crippen molar-refractivity contribution in [3.63, 3.8) is 0 Å². The molecule has 7 nitrogen and oxygen atoms in total. The van der Waals surface area contributed by atoms with Gasteiger partial charge in [0.25, 0.3) is 0 Å². The van der Waals surface area contributed by atoms with Crippen LogP contribution in [0.25, 0.3) is 0 Å². The molecule has 0 fully saturated rings. The maximum absolute atomic E-state index is 11.4. The Hall–Kier alpha value is 2.41. The topological polar surface area (TPSA) is 113 Å². The Labute approximate surface area is 187 Å². The standard InChI is InChI=1S/C6H3Cl5O7P2.K.H/c7-1-2(8)4(10)6(5(11)3(1)9)17-20(15,16)18-19(12,13)14;;/h(H,15,16)(H2,12,13,14);;/q;+1;-1. The molecule has 0 aliphatic heterocycles. The first-order valence-corrected chi connectivity index (χ1v) is 9.08. The minimum absolute atomic E-state index is 0. The average molecular weight is 466 g/mol. The molecule has 21 heavy (non-hydrogen) atoms. The van der Waals surface area contributed by atoms with Crippen molar-refractivity contribution in [1.29, 1.82) is 0 Å². The Bertz CT molecular complexity index is 626. The molecular weight excluding hydrogens is 462 g/mol. The monoisotopic (exact) mass is 464 g/mol. The zero-order valence-corrected chi connectivity index (χ0v) is 18.5. The van der Waals surface area contributed by atoms with Gasteiger partial charge in [0.2, 0.25) is 0 Å². The van der Waals surface area contributed by atoms with E-state index in [9.17, 15) is 14.0 Å². The van der Waals surface area contributed by atoms with E-state index in [4.69, 9.17) is 67.8 Å². The van der Waals surface area contributed by atoms with E-state index in [2.05, 4.69) is 8.83 Å². The Balaban J connectivity index is 0. The maximum Gasteiger partial charge on any atom is 1.00 e. The van der Waals surface area contributed by atoms with Crippen molar-refractivity contribution < 1.29 is 85.5 Å². The summed E-state index contributed by atoms with van der Waals surface area (Å²) in [5, 5.41) is -1.90. The molecule has 1 unspecified atom stereocenters. The molecule has 1 atom stereocenters. The van der Waals surface area contributed by atoms with Crippen molar-refractivity contribution in [2.75, 3.05) is 0 Å². The number of halogens is 5. The zero-order valence-electron chi connectivity index (χ0n) is 10.8. The third kappa shape index (κ3) is 6.67. The van der Waals surface area contributed by atoms with Crippen molar-refractivity contribution in [2.45, 2.75) is 0 Å². The van der Waals surface area contributed by atoms with Crippen molar-refractivity contribution in [1.82, 2.24) is 0 Å². The maximum atomic E-state index is 11.4. The van der Waals surface area contributed by atoms with Crippen LogP contribution in [0.4, 0.5) is 0 Å². The van der Waals surface area contributed by atoms with Crippen molar-refractivity contribution >= 4 is 73.7 Å². The number of hydrogen-bond acceptors (Lipinski definition) is 4. The van der Waals surface area contributed by atoms with Gasteiger partial charge in [0, 0.05) is 0 Å². The number of phosphoric ester groups is 1. The smallest absolute Gasteiger partial charge is 1.00 e. The molecule has 0 bridgehead atoms. The molecule has 15 heteroatoms. The van der Waals surface area contributed by atoms with Crippen molar-refractivity contribution in [3.8, 4) is 5.75 Å². The van der Waals surface area contributed by atoms with Crippen LogP contribution in [0.5, 0.6) is 5.75 Å². The molecule has 0 aromatic heterocycles. The molecule has 3 N–H and O–H groups in total. The van der Waals surface area contributed by atoms with E-state index >= 15 is 0 Å². The van der Waals surface area contributed by atoms with E-state index < -0.39 is 31.4 Å². The van der Waals surface area contributed by atoms with Crippen LogP contribution < -0.4 is 55.9 Å². The second-order valence-electron chi connectivity index (χ2n) is 3.03. The Morgan fingerprint density at radius 2 is 1.14 bits per heavy atom. The fraction of sp³-hybridized carbons (Fsp3) is 0. The number of phosphoric acid groups is 2. The largest absolute Gasteiger partial charge is 1.00 e. The number of hydrogen-bond donors (Lipinski definition) is 3. The summed E-state index contributed by atoms with van der Waals surface area (Å²) in [6, 6.07) is 0. The molecule has 1 aromatic rings. The van der Waals surface area contributed by atoms with Crippen LogP contribution in [0, 0.1) is 0 Å². The van der Waals surface area contributed by atoms with Gasteiger partial charge in [0.05, 0.1) is 15.1 Å². The predicted octanol–water partition coefficient (Wildman–Crippen LogP) is 1.66. The van der Waals surface area contributed by atoms with E-state index in [1.165, 1.54) is 0 Å². The van der Waals surface area contributed by atoms with Crippen molar-refractivity contribution in [2.24, 2.45) is 0 Å². The molecule has 0 amide bonds. The van der Waals surface area contributed by atoms with Gasteiger partial charge < -0.3 is 15.7 Å². The van der Waals surface area contributed by atoms with E-state index in [0.29, 0.717) is 0 Å². The first-order valence-electron chi connectivity index (χ1n) is 4.16. The van der Waals surface area contributed by atoms with Crippen LogP contribution in [0.2, 0.25) is 25.1 Å². The summed E-state index contributed by atoms with van der Waals surface area (Å²) >= 11 is 28.4. The van der Waals surface area contributed by atoms with Gasteiger partial charge >= 0.3 is 67.0 Å². The third-order valence-corrected chi connectivity index (χ3v) is 5.92. The van der Waals surface area contributed by atoms with E-state index in [-0.39, 0.29) is 67.9 Å². The summed E-state index contributed by atoms with van der Waals surface area (Å²) in [6.45, 7) is 0. The summed E-state index contributed by atoms with van der Waals surface area (Å²) in [5.41, 5.74) is 0. The molecule has 116 valence electrons. The van der Waals surface area contributed by atoms with Crippen LogP contribution in [-0.2, 0) is 13.4 Å². The van der Waals surface area contributed by atoms with E-state index in [1.807, 2.05) is 0 Å². The fourth-order valence-corrected chi connectivity index (χ4v) is 3.86. The molecule has 0 aliphatic rings. The molecular formula is C6H4Cl5KO7P2. The van der Waals surface area contributed by atoms with Gasteiger partial charge in [0.1, 0.15) is 10.0 Å². The first-order chi connectivity index (χ1) is 8.86. The Kier molecular flexibility index (Phi) is 9.67. The molecule has 1 aromatic carbocycles. The van der Waals surface area contributed by atoms with Gasteiger partial charge in [-0.25, -0.2) is 9.13 Å². The quantitative estimate of drug-likeness (QED) is 0.268. The average Bonchev–Trinajstić information content (AvgIpc) is 2.26. The van der Waals surface area contributed by atoms with Crippen LogP contribution in [0.1, 0.15) is 1.43 Å². The minimum atomic E-state index is -5.30. The van der Waals surface area contributed by atoms with Crippen LogP contribution >= 0.6 is 73.7 Å². The normalized spacial score (nSPS) is 14.3. The Morgan fingerprint density at radius 1 is 0.810 bits per heavy atom. The number of benzene rings is 1. The fourth-order valence-electron chi connectivity index (χ4n) is 0.931. The third-order valence-electron chi connectivity index (χ3n) is 1.59. The second kappa shape index (κ2) is 8.67. The van der Waals surface area contributed by atoms with Crippen molar-refractivity contribution in [3.05, 3.63) is 25.1 Å². The molecule has 0 aliphatic carbocycles. The summed E-state index contributed by atoms with van der Waals surface area (Å²) < 4.78 is 29.8. The first kappa shape index (κ1) is 23.4. The molecule has 0 saturated carbocycles. The van der Waals surface area contributed by atoms with Crippen LogP contribution in [0.3, 0.4) is 0 Å². The summed E-state index contributed by atoms with van der Waals surface area (Å²) in [7, 11) is -10.5. The zero-order chi connectivity index (χ0) is 15.9. The van der Waals surface area contributed by atoms with Gasteiger partial charge in [-0.2, -0.15) is 4.31 Å². The van der Waals surface area contributed by atoms with Gasteiger partial charge in [-0.3, -0.25) is 4.89 Å². The summed E-state index contributed by atoms with van der Waals surface area (Å²) in [4.78, 5) is 26.1. The minimum Gasteiger partial charge on any atom is -1.00 e. The number of rotatable bonds is 4. The summed E-state index contributed by atoms with van der Waals surface area (Å²) in [5.74, 6) is -0.716.